The van der Waals surface area contributed by atoms with E-state index in [9.17, 15) is 28.5 Å². The maximum absolute atomic E-state index is 13.6. The fourth-order valence-corrected chi connectivity index (χ4v) is 4.10. The standard InChI is InChI=1S/C19H19FNO6P/c20-13-7-4-8-14(11-13)21-17(12-5-2-1-3-6-12)18(28(26)27)15(19(24)25)9-10-16(22)23/h1-8,11,15,17-18,21H,9-10H2,(H2-,22,23,24,25,26,27)/p+1. The number of hydrogen-bond donors (Lipinski definition) is 4. The molecular weight excluding hydrogens is 388 g/mol. The molecule has 0 saturated carbocycles. The maximum atomic E-state index is 13.6. The Kier molecular flexibility index (Phi) is 7.61. The van der Waals surface area contributed by atoms with Crippen molar-refractivity contribution in [2.45, 2.75) is 24.5 Å². The highest BCUT2D eigenvalue weighted by Gasteiger charge is 2.48. The molecule has 0 aliphatic carbocycles. The predicted molar refractivity (Wildman–Crippen MR) is 101 cm³/mol. The smallest absolute Gasteiger partial charge is 0.481 e. The first-order valence-corrected chi connectivity index (χ1v) is 9.74. The van der Waals surface area contributed by atoms with Crippen molar-refractivity contribution in [1.29, 1.82) is 0 Å². The molecular formula is C19H20FNO6P+. The van der Waals surface area contributed by atoms with Crippen molar-refractivity contribution in [3.05, 3.63) is 66.0 Å². The summed E-state index contributed by atoms with van der Waals surface area (Å²) in [7, 11) is -3.01. The van der Waals surface area contributed by atoms with Gasteiger partial charge < -0.3 is 15.5 Å². The second-order valence-electron chi connectivity index (χ2n) is 6.21. The normalized spacial score (nSPS) is 14.6. The summed E-state index contributed by atoms with van der Waals surface area (Å²) in [5, 5.41) is 21.4. The van der Waals surface area contributed by atoms with Gasteiger partial charge in [0.15, 0.2) is 0 Å². The zero-order valence-corrected chi connectivity index (χ0v) is 15.6. The third-order valence-electron chi connectivity index (χ3n) is 4.30. The Morgan fingerprint density at radius 3 is 2.29 bits per heavy atom. The minimum absolute atomic E-state index is 0.304. The van der Waals surface area contributed by atoms with Gasteiger partial charge in [-0.2, -0.15) is 4.89 Å². The van der Waals surface area contributed by atoms with Crippen LogP contribution in [0.3, 0.4) is 0 Å². The number of carboxylic acids is 2. The van der Waals surface area contributed by atoms with Gasteiger partial charge in [0.25, 0.3) is 0 Å². The van der Waals surface area contributed by atoms with Crippen molar-refractivity contribution in [2.75, 3.05) is 5.32 Å². The number of hydrogen-bond acceptors (Lipinski definition) is 4. The molecule has 4 atom stereocenters. The van der Waals surface area contributed by atoms with Crippen LogP contribution in [-0.4, -0.2) is 32.7 Å². The SMILES string of the molecule is O=C(O)CCC(C(=O)O)C(C(Nc1cccc(F)c1)c1ccccc1)[P+](=O)O. The van der Waals surface area contributed by atoms with Gasteiger partial charge in [0, 0.05) is 12.1 Å². The van der Waals surface area contributed by atoms with E-state index in [1.807, 2.05) is 0 Å². The van der Waals surface area contributed by atoms with Gasteiger partial charge in [0.05, 0.1) is 0 Å². The molecule has 0 amide bonds. The molecule has 2 aromatic carbocycles. The minimum Gasteiger partial charge on any atom is -0.481 e. The Balaban J connectivity index is 2.47. The monoisotopic (exact) mass is 408 g/mol. The third kappa shape index (κ3) is 5.84. The molecule has 0 spiro atoms. The van der Waals surface area contributed by atoms with Crippen molar-refractivity contribution in [2.24, 2.45) is 5.92 Å². The van der Waals surface area contributed by atoms with E-state index in [0.29, 0.717) is 11.3 Å². The molecule has 9 heteroatoms. The van der Waals surface area contributed by atoms with Crippen LogP contribution in [0.5, 0.6) is 0 Å². The van der Waals surface area contributed by atoms with Crippen LogP contribution in [0, 0.1) is 11.7 Å². The van der Waals surface area contributed by atoms with Gasteiger partial charge in [-0.3, -0.25) is 9.59 Å². The quantitative estimate of drug-likeness (QED) is 0.443. The lowest BCUT2D eigenvalue weighted by Crippen LogP contribution is -2.35. The van der Waals surface area contributed by atoms with Gasteiger partial charge in [-0.05, 0) is 34.7 Å². The lowest BCUT2D eigenvalue weighted by Gasteiger charge is -2.25. The van der Waals surface area contributed by atoms with Gasteiger partial charge in [-0.25, -0.2) is 4.39 Å². The molecule has 0 saturated heterocycles. The molecule has 0 aromatic heterocycles. The number of carboxylic acid groups (broad SMARTS) is 2. The van der Waals surface area contributed by atoms with E-state index < -0.39 is 49.8 Å². The molecule has 7 nitrogen and oxygen atoms in total. The van der Waals surface area contributed by atoms with Crippen LogP contribution >= 0.6 is 8.03 Å². The summed E-state index contributed by atoms with van der Waals surface area (Å²) in [6.07, 6.45) is -0.775. The molecule has 0 fully saturated rings. The molecule has 0 heterocycles. The van der Waals surface area contributed by atoms with E-state index in [4.69, 9.17) is 5.11 Å². The van der Waals surface area contributed by atoms with Crippen molar-refractivity contribution >= 4 is 25.7 Å². The van der Waals surface area contributed by atoms with Crippen molar-refractivity contribution in [1.82, 2.24) is 0 Å². The number of rotatable bonds is 10. The van der Waals surface area contributed by atoms with Gasteiger partial charge in [0.2, 0.25) is 5.66 Å². The van der Waals surface area contributed by atoms with Gasteiger partial charge in [-0.15, -0.1) is 0 Å². The lowest BCUT2D eigenvalue weighted by molar-refractivity contribution is -0.143. The first-order chi connectivity index (χ1) is 13.3. The topological polar surface area (TPSA) is 124 Å². The van der Waals surface area contributed by atoms with Crippen molar-refractivity contribution < 1.29 is 33.7 Å². The average molecular weight is 408 g/mol. The lowest BCUT2D eigenvalue weighted by atomic mass is 9.90. The summed E-state index contributed by atoms with van der Waals surface area (Å²) in [5.41, 5.74) is -0.508. The van der Waals surface area contributed by atoms with Crippen LogP contribution < -0.4 is 5.32 Å². The molecule has 148 valence electrons. The van der Waals surface area contributed by atoms with E-state index >= 15 is 0 Å². The largest absolute Gasteiger partial charge is 0.512 e. The first-order valence-electron chi connectivity index (χ1n) is 8.46. The number of anilines is 1. The summed E-state index contributed by atoms with van der Waals surface area (Å²) in [6.45, 7) is 0. The van der Waals surface area contributed by atoms with Crippen LogP contribution in [0.1, 0.15) is 24.4 Å². The molecule has 28 heavy (non-hydrogen) atoms. The Labute approximate surface area is 161 Å². The highest BCUT2D eigenvalue weighted by molar-refractivity contribution is 7.39. The van der Waals surface area contributed by atoms with E-state index in [2.05, 4.69) is 5.32 Å². The van der Waals surface area contributed by atoms with E-state index in [-0.39, 0.29) is 6.42 Å². The summed E-state index contributed by atoms with van der Waals surface area (Å²) in [6, 6.07) is 12.9. The molecule has 0 aliphatic heterocycles. The zero-order valence-electron chi connectivity index (χ0n) is 14.7. The Morgan fingerprint density at radius 1 is 1.07 bits per heavy atom. The van der Waals surface area contributed by atoms with Gasteiger partial charge in [-0.1, -0.05) is 36.4 Å². The van der Waals surface area contributed by atoms with Crippen molar-refractivity contribution in [3.63, 3.8) is 0 Å². The van der Waals surface area contributed by atoms with Crippen LogP contribution in [0.4, 0.5) is 10.1 Å². The number of halogens is 1. The van der Waals surface area contributed by atoms with E-state index in [0.717, 1.165) is 0 Å². The predicted octanol–water partition coefficient (Wildman–Crippen LogP) is 3.65. The fourth-order valence-electron chi connectivity index (χ4n) is 3.02. The summed E-state index contributed by atoms with van der Waals surface area (Å²) in [5.74, 6) is -4.49. The number of carbonyl (C=O) groups is 2. The van der Waals surface area contributed by atoms with Gasteiger partial charge in [0.1, 0.15) is 17.8 Å². The highest BCUT2D eigenvalue weighted by Crippen LogP contribution is 2.42. The summed E-state index contributed by atoms with van der Waals surface area (Å²) >= 11 is 0. The Hall–Kier alpha value is -2.83. The molecule has 0 radical (unpaired) electrons. The molecule has 2 rings (SSSR count). The number of nitrogens with one attached hydrogen (secondary N) is 1. The molecule has 4 N–H and O–H groups in total. The van der Waals surface area contributed by atoms with Gasteiger partial charge >= 0.3 is 20.0 Å². The van der Waals surface area contributed by atoms with Crippen LogP contribution in [0.15, 0.2) is 54.6 Å². The Morgan fingerprint density at radius 2 is 1.75 bits per heavy atom. The second-order valence-corrected chi connectivity index (χ2v) is 7.41. The minimum atomic E-state index is -3.01. The number of benzene rings is 2. The highest BCUT2D eigenvalue weighted by atomic mass is 31.1. The average Bonchev–Trinajstić information content (AvgIpc) is 2.63. The molecule has 0 aliphatic rings. The van der Waals surface area contributed by atoms with Crippen LogP contribution in [0.25, 0.3) is 0 Å². The van der Waals surface area contributed by atoms with E-state index in [1.54, 1.807) is 36.4 Å². The molecule has 2 aromatic rings. The first kappa shape index (κ1) is 21.5. The van der Waals surface area contributed by atoms with Crippen LogP contribution in [-0.2, 0) is 14.2 Å². The van der Waals surface area contributed by atoms with Crippen molar-refractivity contribution in [3.8, 4) is 0 Å². The van der Waals surface area contributed by atoms with E-state index in [1.165, 1.54) is 18.2 Å². The molecule has 0 bridgehead atoms. The maximum Gasteiger partial charge on any atom is 0.512 e. The second kappa shape index (κ2) is 9.92. The van der Waals surface area contributed by atoms with Crippen LogP contribution in [0.2, 0.25) is 0 Å². The summed E-state index contributed by atoms with van der Waals surface area (Å²) in [4.78, 5) is 32.6. The number of aliphatic carboxylic acids is 2. The third-order valence-corrected chi connectivity index (χ3v) is 5.47. The Bertz CT molecular complexity index is 847. The summed E-state index contributed by atoms with van der Waals surface area (Å²) < 4.78 is 25.8. The fraction of sp³-hybridized carbons (Fsp3) is 0.263. The molecule has 4 unspecified atom stereocenters. The zero-order chi connectivity index (χ0) is 20.7.